The fraction of sp³-hybridized carbons (Fsp3) is 0.0476. The summed E-state index contributed by atoms with van der Waals surface area (Å²) in [6.07, 6.45) is 4.31. The molecule has 3 rings (SSSR count). The van der Waals surface area contributed by atoms with Crippen molar-refractivity contribution in [1.82, 2.24) is 0 Å². The number of hydrogen-bond donors (Lipinski definition) is 1. The van der Waals surface area contributed by atoms with E-state index in [9.17, 15) is 0 Å². The summed E-state index contributed by atoms with van der Waals surface area (Å²) in [7, 11) is 0. The molecule has 0 bridgehead atoms. The fourth-order valence-electron chi connectivity index (χ4n) is 2.47. The van der Waals surface area contributed by atoms with Gasteiger partial charge in [-0.05, 0) is 27.8 Å². The predicted octanol–water partition coefficient (Wildman–Crippen LogP) is 4.98. The third kappa shape index (κ3) is 3.33. The minimum absolute atomic E-state index is 0.584. The third-order valence-electron chi connectivity index (χ3n) is 3.72. The molecule has 108 valence electrons. The zero-order valence-electron chi connectivity index (χ0n) is 12.4. The summed E-state index contributed by atoms with van der Waals surface area (Å²) in [4.78, 5) is 0. The Balaban J connectivity index is 1.90. The lowest BCUT2D eigenvalue weighted by atomic mass is 9.99. The second kappa shape index (κ2) is 6.88. The number of nitrogens with two attached hydrogens (primary N) is 1. The van der Waals surface area contributed by atoms with Crippen molar-refractivity contribution in [1.29, 1.82) is 0 Å². The van der Waals surface area contributed by atoms with Crippen LogP contribution in [0, 0.1) is 0 Å². The summed E-state index contributed by atoms with van der Waals surface area (Å²) in [5.41, 5.74) is 11.7. The average molecular weight is 285 g/mol. The molecule has 0 saturated heterocycles. The molecule has 0 amide bonds. The molecule has 0 saturated carbocycles. The maximum atomic E-state index is 5.63. The quantitative estimate of drug-likeness (QED) is 0.672. The Morgan fingerprint density at radius 1 is 0.682 bits per heavy atom. The van der Waals surface area contributed by atoms with Crippen molar-refractivity contribution >= 4 is 12.2 Å². The van der Waals surface area contributed by atoms with Crippen LogP contribution in [0.15, 0.2) is 78.9 Å². The van der Waals surface area contributed by atoms with Crippen molar-refractivity contribution in [2.24, 2.45) is 5.73 Å². The largest absolute Gasteiger partial charge is 0.326 e. The highest BCUT2D eigenvalue weighted by Crippen LogP contribution is 2.25. The summed E-state index contributed by atoms with van der Waals surface area (Å²) < 4.78 is 0. The molecule has 0 aliphatic heterocycles. The minimum Gasteiger partial charge on any atom is -0.326 e. The number of benzene rings is 3. The van der Waals surface area contributed by atoms with Gasteiger partial charge in [0.1, 0.15) is 0 Å². The second-order valence-corrected chi connectivity index (χ2v) is 5.23. The lowest BCUT2D eigenvalue weighted by Crippen LogP contribution is -1.94. The van der Waals surface area contributed by atoms with Crippen molar-refractivity contribution in [3.8, 4) is 11.1 Å². The lowest BCUT2D eigenvalue weighted by molar-refractivity contribution is 1.07. The van der Waals surface area contributed by atoms with Crippen molar-refractivity contribution in [3.05, 3.63) is 95.6 Å². The Hall–Kier alpha value is -2.64. The molecule has 0 atom stereocenters. The van der Waals surface area contributed by atoms with E-state index in [1.54, 1.807) is 0 Å². The number of hydrogen-bond acceptors (Lipinski definition) is 1. The monoisotopic (exact) mass is 285 g/mol. The van der Waals surface area contributed by atoms with Gasteiger partial charge in [-0.3, -0.25) is 0 Å². The van der Waals surface area contributed by atoms with E-state index in [0.29, 0.717) is 6.54 Å². The van der Waals surface area contributed by atoms with Crippen LogP contribution in [0.4, 0.5) is 0 Å². The summed E-state index contributed by atoms with van der Waals surface area (Å²) in [6.45, 7) is 0.584. The van der Waals surface area contributed by atoms with Crippen LogP contribution in [0.25, 0.3) is 23.3 Å². The molecule has 0 fully saturated rings. The molecule has 0 heterocycles. The van der Waals surface area contributed by atoms with Crippen LogP contribution >= 0.6 is 0 Å². The number of rotatable bonds is 4. The smallest absolute Gasteiger partial charge is 0.0178 e. The molecule has 0 aromatic heterocycles. The van der Waals surface area contributed by atoms with E-state index in [1.165, 1.54) is 22.3 Å². The Morgan fingerprint density at radius 3 is 2.09 bits per heavy atom. The zero-order chi connectivity index (χ0) is 15.2. The molecule has 0 spiro atoms. The highest BCUT2D eigenvalue weighted by Gasteiger charge is 2.01. The molecule has 3 aromatic rings. The second-order valence-electron chi connectivity index (χ2n) is 5.23. The summed E-state index contributed by atoms with van der Waals surface area (Å²) in [6, 6.07) is 27.3. The van der Waals surface area contributed by atoms with Crippen molar-refractivity contribution < 1.29 is 0 Å². The molecule has 3 aromatic carbocycles. The van der Waals surface area contributed by atoms with E-state index in [0.717, 1.165) is 5.56 Å². The van der Waals surface area contributed by atoms with Crippen LogP contribution in [-0.2, 0) is 6.54 Å². The molecule has 1 heteroatoms. The maximum absolute atomic E-state index is 5.63. The van der Waals surface area contributed by atoms with Crippen LogP contribution in [0.5, 0.6) is 0 Å². The molecule has 0 unspecified atom stereocenters. The van der Waals surface area contributed by atoms with E-state index < -0.39 is 0 Å². The fourth-order valence-corrected chi connectivity index (χ4v) is 2.47. The molecule has 2 N–H and O–H groups in total. The Kier molecular flexibility index (Phi) is 4.47. The van der Waals surface area contributed by atoms with Crippen molar-refractivity contribution in [2.75, 3.05) is 0 Å². The van der Waals surface area contributed by atoms with Crippen LogP contribution in [0.2, 0.25) is 0 Å². The Labute approximate surface area is 131 Å². The Morgan fingerprint density at radius 2 is 1.36 bits per heavy atom. The molecule has 22 heavy (non-hydrogen) atoms. The van der Waals surface area contributed by atoms with Crippen LogP contribution in [0.1, 0.15) is 16.7 Å². The van der Waals surface area contributed by atoms with Crippen LogP contribution < -0.4 is 5.73 Å². The van der Waals surface area contributed by atoms with Crippen molar-refractivity contribution in [3.63, 3.8) is 0 Å². The zero-order valence-corrected chi connectivity index (χ0v) is 12.4. The first-order chi connectivity index (χ1) is 10.9. The highest BCUT2D eigenvalue weighted by molar-refractivity contribution is 5.80. The first-order valence-electron chi connectivity index (χ1n) is 7.48. The van der Waals surface area contributed by atoms with E-state index in [4.69, 9.17) is 5.73 Å². The van der Waals surface area contributed by atoms with Gasteiger partial charge < -0.3 is 5.73 Å². The van der Waals surface area contributed by atoms with Gasteiger partial charge >= 0.3 is 0 Å². The topological polar surface area (TPSA) is 26.0 Å². The standard InChI is InChI=1S/C21H19N/c22-16-18-12-10-17(11-13-18)14-15-20-8-4-5-9-21(20)19-6-2-1-3-7-19/h1-15H,16,22H2/b15-14+. The molecular weight excluding hydrogens is 266 g/mol. The van der Waals surface area contributed by atoms with Gasteiger partial charge in [0, 0.05) is 6.54 Å². The van der Waals surface area contributed by atoms with Gasteiger partial charge in [0.15, 0.2) is 0 Å². The summed E-state index contributed by atoms with van der Waals surface area (Å²) >= 11 is 0. The van der Waals surface area contributed by atoms with E-state index in [1.807, 2.05) is 6.07 Å². The van der Waals surface area contributed by atoms with Gasteiger partial charge in [-0.25, -0.2) is 0 Å². The van der Waals surface area contributed by atoms with Crippen molar-refractivity contribution in [2.45, 2.75) is 6.54 Å². The molecule has 0 radical (unpaired) electrons. The molecule has 0 aliphatic carbocycles. The van der Waals surface area contributed by atoms with Gasteiger partial charge in [0.25, 0.3) is 0 Å². The van der Waals surface area contributed by atoms with Gasteiger partial charge in [-0.1, -0.05) is 91.0 Å². The molecule has 1 nitrogen and oxygen atoms in total. The predicted molar refractivity (Wildman–Crippen MR) is 95.1 cm³/mol. The molecular formula is C21H19N. The Bertz CT molecular complexity index is 755. The van der Waals surface area contributed by atoms with Gasteiger partial charge in [-0.15, -0.1) is 0 Å². The maximum Gasteiger partial charge on any atom is 0.0178 e. The third-order valence-corrected chi connectivity index (χ3v) is 3.72. The van der Waals surface area contributed by atoms with E-state index >= 15 is 0 Å². The lowest BCUT2D eigenvalue weighted by Gasteiger charge is -2.06. The average Bonchev–Trinajstić information content (AvgIpc) is 2.61. The minimum atomic E-state index is 0.584. The van der Waals surface area contributed by atoms with E-state index in [2.05, 4.69) is 84.9 Å². The first-order valence-corrected chi connectivity index (χ1v) is 7.48. The van der Waals surface area contributed by atoms with Crippen LogP contribution in [0.3, 0.4) is 0 Å². The molecule has 0 aliphatic rings. The highest BCUT2D eigenvalue weighted by atomic mass is 14.5. The normalized spacial score (nSPS) is 11.0. The van der Waals surface area contributed by atoms with Crippen LogP contribution in [-0.4, -0.2) is 0 Å². The van der Waals surface area contributed by atoms with Gasteiger partial charge in [0.2, 0.25) is 0 Å². The summed E-state index contributed by atoms with van der Waals surface area (Å²) in [5, 5.41) is 0. The van der Waals surface area contributed by atoms with Gasteiger partial charge in [-0.2, -0.15) is 0 Å². The SMILES string of the molecule is NCc1ccc(/C=C/c2ccccc2-c2ccccc2)cc1. The summed E-state index contributed by atoms with van der Waals surface area (Å²) in [5.74, 6) is 0. The van der Waals surface area contributed by atoms with Gasteiger partial charge in [0.05, 0.1) is 0 Å². The van der Waals surface area contributed by atoms with E-state index in [-0.39, 0.29) is 0 Å². The first kappa shape index (κ1) is 14.3.